The molecule has 0 spiro atoms. The summed E-state index contributed by atoms with van der Waals surface area (Å²) < 4.78 is 6.63. The first kappa shape index (κ1) is 26.2. The highest BCUT2D eigenvalue weighted by atomic mass is 16.5. The summed E-state index contributed by atoms with van der Waals surface area (Å²) in [5, 5.41) is 2.41. The van der Waals surface area contributed by atoms with Crippen LogP contribution in [0.25, 0.3) is 66.9 Å². The lowest BCUT2D eigenvalue weighted by molar-refractivity contribution is 0.279. The summed E-state index contributed by atoms with van der Waals surface area (Å²) in [7, 11) is 0. The number of nitrogens with zero attached hydrogens (tertiary/aromatic N) is 2. The summed E-state index contributed by atoms with van der Waals surface area (Å²) in [4.78, 5) is 10.4. The fourth-order valence-electron chi connectivity index (χ4n) is 7.64. The van der Waals surface area contributed by atoms with E-state index in [-0.39, 0.29) is 12.0 Å². The van der Waals surface area contributed by atoms with Crippen molar-refractivity contribution in [2.75, 3.05) is 0 Å². The molecule has 2 unspecified atom stereocenters. The van der Waals surface area contributed by atoms with Gasteiger partial charge in [0.05, 0.1) is 11.4 Å². The van der Waals surface area contributed by atoms with Gasteiger partial charge in [0, 0.05) is 33.7 Å². The van der Waals surface area contributed by atoms with E-state index in [1.807, 2.05) is 12.1 Å². The summed E-state index contributed by atoms with van der Waals surface area (Å²) in [6.45, 7) is 0. The Balaban J connectivity index is 1.12. The van der Waals surface area contributed by atoms with Crippen LogP contribution >= 0.6 is 0 Å². The Morgan fingerprint density at radius 2 is 1.15 bits per heavy atom. The van der Waals surface area contributed by atoms with Crippen LogP contribution in [0.1, 0.15) is 22.6 Å². The summed E-state index contributed by atoms with van der Waals surface area (Å²) in [5.74, 6) is 1.93. The molecule has 0 saturated carbocycles. The smallest absolute Gasteiger partial charge is 0.161 e. The lowest BCUT2D eigenvalue weighted by Gasteiger charge is -2.23. The van der Waals surface area contributed by atoms with Crippen molar-refractivity contribution < 1.29 is 4.74 Å². The minimum Gasteiger partial charge on any atom is -0.484 e. The molecule has 10 rings (SSSR count). The lowest BCUT2D eigenvalue weighted by atomic mass is 9.83. The Morgan fingerprint density at radius 3 is 1.94 bits per heavy atom. The number of aromatic nitrogens is 2. The zero-order valence-corrected chi connectivity index (χ0v) is 25.5. The molecule has 47 heavy (non-hydrogen) atoms. The zero-order chi connectivity index (χ0) is 30.9. The highest BCUT2D eigenvalue weighted by molar-refractivity contribution is 6.20. The van der Waals surface area contributed by atoms with Crippen LogP contribution in [-0.4, -0.2) is 16.1 Å². The number of hydrogen-bond acceptors (Lipinski definition) is 3. The Bertz CT molecular complexity index is 2430. The van der Waals surface area contributed by atoms with Crippen LogP contribution in [0.2, 0.25) is 0 Å². The molecule has 220 valence electrons. The molecular formula is C44H28N2O. The molecule has 0 saturated heterocycles. The van der Waals surface area contributed by atoms with Gasteiger partial charge in [-0.05, 0) is 56.8 Å². The normalized spacial score (nSPS) is 16.9. The number of ether oxygens (including phenoxy) is 1. The second kappa shape index (κ2) is 10.2. The van der Waals surface area contributed by atoms with Crippen LogP contribution in [0, 0.1) is 0 Å². The number of fused-ring (bicyclic) bond motifs is 6. The quantitative estimate of drug-likeness (QED) is 0.202. The number of para-hydroxylation sites is 1. The van der Waals surface area contributed by atoms with Crippen LogP contribution in [0.15, 0.2) is 158 Å². The third-order valence-corrected chi connectivity index (χ3v) is 9.85. The van der Waals surface area contributed by atoms with E-state index in [9.17, 15) is 0 Å². The van der Waals surface area contributed by atoms with Crippen molar-refractivity contribution in [2.45, 2.75) is 12.0 Å². The monoisotopic (exact) mass is 600 g/mol. The van der Waals surface area contributed by atoms with Gasteiger partial charge in [0.2, 0.25) is 0 Å². The van der Waals surface area contributed by atoms with Gasteiger partial charge in [-0.3, -0.25) is 0 Å². The third-order valence-electron chi connectivity index (χ3n) is 9.85. The molecule has 2 atom stereocenters. The van der Waals surface area contributed by atoms with Crippen molar-refractivity contribution in [2.24, 2.45) is 0 Å². The van der Waals surface area contributed by atoms with E-state index in [4.69, 9.17) is 14.7 Å². The largest absolute Gasteiger partial charge is 0.484 e. The molecule has 3 nitrogen and oxygen atoms in total. The van der Waals surface area contributed by atoms with Crippen molar-refractivity contribution in [1.82, 2.24) is 9.97 Å². The van der Waals surface area contributed by atoms with Crippen molar-refractivity contribution in [3.63, 3.8) is 0 Å². The van der Waals surface area contributed by atoms with Crippen molar-refractivity contribution >= 4 is 21.9 Å². The minimum absolute atomic E-state index is 0.0306. The first-order valence-electron chi connectivity index (χ1n) is 16.2. The topological polar surface area (TPSA) is 35.0 Å². The molecule has 3 heteroatoms. The van der Waals surface area contributed by atoms with E-state index < -0.39 is 0 Å². The van der Waals surface area contributed by atoms with E-state index in [2.05, 4.69) is 146 Å². The van der Waals surface area contributed by atoms with E-state index in [0.717, 1.165) is 45.0 Å². The van der Waals surface area contributed by atoms with Gasteiger partial charge in [-0.1, -0.05) is 140 Å². The third kappa shape index (κ3) is 4.06. The molecule has 0 radical (unpaired) electrons. The average Bonchev–Trinajstić information content (AvgIpc) is 3.69. The molecular weight excluding hydrogens is 572 g/mol. The van der Waals surface area contributed by atoms with Gasteiger partial charge >= 0.3 is 0 Å². The van der Waals surface area contributed by atoms with Gasteiger partial charge < -0.3 is 4.74 Å². The highest BCUT2D eigenvalue weighted by Gasteiger charge is 2.42. The molecule has 0 bridgehead atoms. The average molecular weight is 601 g/mol. The van der Waals surface area contributed by atoms with E-state index in [1.165, 1.54) is 44.3 Å². The fraction of sp³-hybridized carbons (Fsp3) is 0.0455. The molecule has 1 aromatic heterocycles. The van der Waals surface area contributed by atoms with Crippen molar-refractivity contribution in [3.05, 3.63) is 174 Å². The SMILES string of the molecule is C1=CC2c3ccccc3OC2C2=C1c1cccc3c(-c4nc(-c5ccccc5)cc(-c5ccc(-c6ccccc6)cc5)n4)ccc2c13. The Morgan fingerprint density at radius 1 is 0.511 bits per heavy atom. The Hall–Kier alpha value is -6.06. The molecule has 1 aliphatic heterocycles. The summed E-state index contributed by atoms with van der Waals surface area (Å²) in [6, 6.07) is 51.2. The van der Waals surface area contributed by atoms with Crippen molar-refractivity contribution in [1.29, 1.82) is 0 Å². The molecule has 2 aliphatic carbocycles. The van der Waals surface area contributed by atoms with Gasteiger partial charge in [-0.2, -0.15) is 0 Å². The molecule has 2 heterocycles. The summed E-state index contributed by atoms with van der Waals surface area (Å²) in [6.07, 6.45) is 4.60. The number of hydrogen-bond donors (Lipinski definition) is 0. The Labute approximate surface area is 273 Å². The predicted molar refractivity (Wildman–Crippen MR) is 191 cm³/mol. The first-order valence-corrected chi connectivity index (χ1v) is 16.2. The van der Waals surface area contributed by atoms with Crippen LogP contribution in [0.3, 0.4) is 0 Å². The van der Waals surface area contributed by atoms with Gasteiger partial charge in [0.15, 0.2) is 5.82 Å². The second-order valence-electron chi connectivity index (χ2n) is 12.4. The van der Waals surface area contributed by atoms with Gasteiger partial charge in [-0.25, -0.2) is 9.97 Å². The van der Waals surface area contributed by atoms with Crippen LogP contribution < -0.4 is 4.74 Å². The molecule has 0 N–H and O–H groups in total. The van der Waals surface area contributed by atoms with E-state index in [1.54, 1.807) is 0 Å². The standard InChI is InChI=1S/C44H28N2O/c1-3-10-27(11-4-1)28-18-20-30(21-19-28)39-26-38(29-12-5-2-6-13-29)45-44(46-39)36-24-25-37-41-32(15-9-16-33(36)41)34-22-23-35-31-14-7-8-17-40(31)47-43(35)42(34)37/h1-26,35,43H. The number of allylic oxidation sites excluding steroid dienone is 2. The van der Waals surface area contributed by atoms with Crippen molar-refractivity contribution in [3.8, 4) is 50.8 Å². The maximum Gasteiger partial charge on any atom is 0.161 e. The first-order chi connectivity index (χ1) is 23.3. The predicted octanol–water partition coefficient (Wildman–Crippen LogP) is 10.6. The van der Waals surface area contributed by atoms with Gasteiger partial charge in [0.1, 0.15) is 11.9 Å². The Kier molecular flexibility index (Phi) is 5.70. The fourth-order valence-corrected chi connectivity index (χ4v) is 7.64. The molecule has 7 aromatic rings. The van der Waals surface area contributed by atoms with Crippen LogP contribution in [0.5, 0.6) is 5.75 Å². The summed E-state index contributed by atoms with van der Waals surface area (Å²) in [5.41, 5.74) is 13.6. The van der Waals surface area contributed by atoms with Crippen LogP contribution in [0.4, 0.5) is 0 Å². The van der Waals surface area contributed by atoms with Gasteiger partial charge in [-0.15, -0.1) is 0 Å². The molecule has 0 amide bonds. The van der Waals surface area contributed by atoms with E-state index in [0.29, 0.717) is 0 Å². The van der Waals surface area contributed by atoms with E-state index >= 15 is 0 Å². The second-order valence-corrected chi connectivity index (χ2v) is 12.4. The highest BCUT2D eigenvalue weighted by Crippen LogP contribution is 2.54. The number of benzene rings is 6. The number of rotatable bonds is 4. The zero-order valence-electron chi connectivity index (χ0n) is 25.5. The molecule has 6 aromatic carbocycles. The lowest BCUT2D eigenvalue weighted by Crippen LogP contribution is -2.21. The summed E-state index contributed by atoms with van der Waals surface area (Å²) >= 11 is 0. The van der Waals surface area contributed by atoms with Crippen LogP contribution in [-0.2, 0) is 0 Å². The molecule has 3 aliphatic rings. The molecule has 0 fully saturated rings. The minimum atomic E-state index is -0.0306. The maximum absolute atomic E-state index is 6.63. The maximum atomic E-state index is 6.63. The van der Waals surface area contributed by atoms with Gasteiger partial charge in [0.25, 0.3) is 0 Å².